The Morgan fingerprint density at radius 2 is 1.67 bits per heavy atom. The summed E-state index contributed by atoms with van der Waals surface area (Å²) in [6.07, 6.45) is 3.49. The molecular formula is C7H12O2. The third kappa shape index (κ3) is 0.485. The van der Waals surface area contributed by atoms with Crippen LogP contribution >= 0.6 is 0 Å². The average molecular weight is 128 g/mol. The second-order valence-electron chi connectivity index (χ2n) is 3.35. The summed E-state index contributed by atoms with van der Waals surface area (Å²) in [6.45, 7) is 0. The predicted molar refractivity (Wildman–Crippen MR) is 32.9 cm³/mol. The average Bonchev–Trinajstić information content (AvgIpc) is 1.60. The van der Waals surface area contributed by atoms with Gasteiger partial charge in [0.05, 0.1) is 12.2 Å². The molecule has 0 amide bonds. The van der Waals surface area contributed by atoms with Gasteiger partial charge in [-0.05, 0) is 12.8 Å². The van der Waals surface area contributed by atoms with E-state index in [1.54, 1.807) is 0 Å². The van der Waals surface area contributed by atoms with E-state index < -0.39 is 0 Å². The number of hydrogen-bond donors (Lipinski definition) is 2. The lowest BCUT2D eigenvalue weighted by atomic mass is 9.52. The van der Waals surface area contributed by atoms with Crippen LogP contribution in [0.25, 0.3) is 0 Å². The maximum atomic E-state index is 9.23. The van der Waals surface area contributed by atoms with Gasteiger partial charge in [-0.3, -0.25) is 0 Å². The fraction of sp³-hybridized carbons (Fsp3) is 1.00. The van der Waals surface area contributed by atoms with Gasteiger partial charge in [0, 0.05) is 11.8 Å². The van der Waals surface area contributed by atoms with E-state index in [1.165, 1.54) is 6.42 Å². The van der Waals surface area contributed by atoms with Crippen molar-refractivity contribution in [3.8, 4) is 0 Å². The van der Waals surface area contributed by atoms with Crippen molar-refractivity contribution in [1.82, 2.24) is 0 Å². The molecule has 2 nitrogen and oxygen atoms in total. The molecule has 9 heavy (non-hydrogen) atoms. The first-order chi connectivity index (χ1) is 4.26. The smallest absolute Gasteiger partial charge is 0.0646 e. The number of aliphatic hydroxyl groups is 2. The summed E-state index contributed by atoms with van der Waals surface area (Å²) in [4.78, 5) is 0. The highest BCUT2D eigenvalue weighted by Gasteiger charge is 2.57. The zero-order valence-corrected chi connectivity index (χ0v) is 5.38. The molecule has 0 aliphatic heterocycles. The van der Waals surface area contributed by atoms with Gasteiger partial charge in [0.1, 0.15) is 0 Å². The van der Waals surface area contributed by atoms with Crippen LogP contribution in [0.3, 0.4) is 0 Å². The SMILES string of the molecule is O[C@@H]1C[C@H](O)C12CCC2. The van der Waals surface area contributed by atoms with E-state index in [0.29, 0.717) is 6.42 Å². The van der Waals surface area contributed by atoms with Crippen molar-refractivity contribution in [1.29, 1.82) is 0 Å². The van der Waals surface area contributed by atoms with E-state index in [2.05, 4.69) is 0 Å². The molecule has 2 aliphatic rings. The highest BCUT2D eigenvalue weighted by Crippen LogP contribution is 2.55. The van der Waals surface area contributed by atoms with Crippen LogP contribution in [0.1, 0.15) is 25.7 Å². The van der Waals surface area contributed by atoms with Crippen LogP contribution in [0.15, 0.2) is 0 Å². The Bertz CT molecular complexity index is 119. The molecule has 2 atom stereocenters. The molecule has 0 unspecified atom stereocenters. The standard InChI is InChI=1S/C7H12O2/c8-5-4-6(9)7(5)2-1-3-7/h5-6,8-9H,1-4H2/t5-,6+. The number of aliphatic hydroxyl groups excluding tert-OH is 2. The molecular weight excluding hydrogens is 116 g/mol. The van der Waals surface area contributed by atoms with Crippen LogP contribution in [-0.4, -0.2) is 22.4 Å². The molecule has 0 aromatic heterocycles. The predicted octanol–water partition coefficient (Wildman–Crippen LogP) is 0.282. The summed E-state index contributed by atoms with van der Waals surface area (Å²) in [5.41, 5.74) is -0.0278. The van der Waals surface area contributed by atoms with E-state index >= 15 is 0 Å². The molecule has 2 heteroatoms. The first kappa shape index (κ1) is 5.69. The maximum Gasteiger partial charge on any atom is 0.0646 e. The monoisotopic (exact) mass is 128 g/mol. The molecule has 0 aromatic rings. The Balaban J connectivity index is 2.08. The van der Waals surface area contributed by atoms with Gasteiger partial charge in [-0.2, -0.15) is 0 Å². The van der Waals surface area contributed by atoms with Crippen molar-refractivity contribution in [2.45, 2.75) is 37.9 Å². The van der Waals surface area contributed by atoms with Gasteiger partial charge in [-0.15, -0.1) is 0 Å². The number of rotatable bonds is 0. The first-order valence-electron chi connectivity index (χ1n) is 3.62. The zero-order valence-electron chi connectivity index (χ0n) is 5.38. The van der Waals surface area contributed by atoms with Gasteiger partial charge >= 0.3 is 0 Å². The molecule has 2 N–H and O–H groups in total. The molecule has 0 radical (unpaired) electrons. The lowest BCUT2D eigenvalue weighted by molar-refractivity contribution is -0.206. The van der Waals surface area contributed by atoms with Crippen molar-refractivity contribution in [2.24, 2.45) is 5.41 Å². The van der Waals surface area contributed by atoms with Gasteiger partial charge in [0.15, 0.2) is 0 Å². The summed E-state index contributed by atoms with van der Waals surface area (Å²) < 4.78 is 0. The Hall–Kier alpha value is -0.0800. The minimum Gasteiger partial charge on any atom is -0.392 e. The van der Waals surface area contributed by atoms with E-state index in [9.17, 15) is 10.2 Å². The minimum atomic E-state index is -0.193. The van der Waals surface area contributed by atoms with Crippen molar-refractivity contribution in [3.63, 3.8) is 0 Å². The molecule has 2 saturated carbocycles. The van der Waals surface area contributed by atoms with Crippen LogP contribution < -0.4 is 0 Å². The van der Waals surface area contributed by atoms with Gasteiger partial charge in [-0.1, -0.05) is 6.42 Å². The molecule has 0 saturated heterocycles. The molecule has 0 bridgehead atoms. The quantitative estimate of drug-likeness (QED) is 0.492. The van der Waals surface area contributed by atoms with Crippen LogP contribution in [0, 0.1) is 5.41 Å². The summed E-state index contributed by atoms with van der Waals surface area (Å²) in [7, 11) is 0. The van der Waals surface area contributed by atoms with E-state index in [-0.39, 0.29) is 17.6 Å². The van der Waals surface area contributed by atoms with Gasteiger partial charge in [0.25, 0.3) is 0 Å². The summed E-state index contributed by atoms with van der Waals surface area (Å²) in [5.74, 6) is 0. The Labute approximate surface area is 54.5 Å². The van der Waals surface area contributed by atoms with Gasteiger partial charge < -0.3 is 10.2 Å². The highest BCUT2D eigenvalue weighted by atomic mass is 16.3. The van der Waals surface area contributed by atoms with Crippen LogP contribution in [-0.2, 0) is 0 Å². The maximum absolute atomic E-state index is 9.23. The van der Waals surface area contributed by atoms with E-state index in [4.69, 9.17) is 0 Å². The van der Waals surface area contributed by atoms with Crippen LogP contribution in [0.4, 0.5) is 0 Å². The molecule has 2 aliphatic carbocycles. The topological polar surface area (TPSA) is 40.5 Å². The first-order valence-corrected chi connectivity index (χ1v) is 3.62. The van der Waals surface area contributed by atoms with Gasteiger partial charge in [0.2, 0.25) is 0 Å². The van der Waals surface area contributed by atoms with Gasteiger partial charge in [-0.25, -0.2) is 0 Å². The highest BCUT2D eigenvalue weighted by molar-refractivity contribution is 5.07. The van der Waals surface area contributed by atoms with Crippen molar-refractivity contribution in [2.75, 3.05) is 0 Å². The summed E-state index contributed by atoms with van der Waals surface area (Å²) >= 11 is 0. The van der Waals surface area contributed by atoms with Crippen molar-refractivity contribution in [3.05, 3.63) is 0 Å². The minimum absolute atomic E-state index is 0.0278. The third-order valence-electron chi connectivity index (χ3n) is 3.06. The second-order valence-corrected chi connectivity index (χ2v) is 3.35. The van der Waals surface area contributed by atoms with E-state index in [1.807, 2.05) is 0 Å². The Morgan fingerprint density at radius 3 is 1.78 bits per heavy atom. The summed E-state index contributed by atoms with van der Waals surface area (Å²) in [6, 6.07) is 0. The normalized spacial score (nSPS) is 46.0. The van der Waals surface area contributed by atoms with Crippen LogP contribution in [0.2, 0.25) is 0 Å². The van der Waals surface area contributed by atoms with Crippen LogP contribution in [0.5, 0.6) is 0 Å². The fourth-order valence-corrected chi connectivity index (χ4v) is 1.99. The van der Waals surface area contributed by atoms with E-state index in [0.717, 1.165) is 12.8 Å². The molecule has 52 valence electrons. The van der Waals surface area contributed by atoms with Crippen molar-refractivity contribution < 1.29 is 10.2 Å². The molecule has 0 heterocycles. The Kier molecular flexibility index (Phi) is 0.945. The van der Waals surface area contributed by atoms with Crippen molar-refractivity contribution >= 4 is 0 Å². The second kappa shape index (κ2) is 1.50. The largest absolute Gasteiger partial charge is 0.392 e. The molecule has 2 rings (SSSR count). The lowest BCUT2D eigenvalue weighted by Crippen LogP contribution is -2.60. The summed E-state index contributed by atoms with van der Waals surface area (Å²) in [5, 5.41) is 18.5. The third-order valence-corrected chi connectivity index (χ3v) is 3.06. The molecule has 1 spiro atoms. The Morgan fingerprint density at radius 1 is 1.11 bits per heavy atom. The fourth-order valence-electron chi connectivity index (χ4n) is 1.99. The lowest BCUT2D eigenvalue weighted by Gasteiger charge is -2.57. The molecule has 0 aromatic carbocycles. The molecule has 2 fully saturated rings. The zero-order chi connectivity index (χ0) is 6.48. The number of hydrogen-bond acceptors (Lipinski definition) is 2.